The van der Waals surface area contributed by atoms with Crippen LogP contribution in [0.4, 0.5) is 5.69 Å². The summed E-state index contributed by atoms with van der Waals surface area (Å²) in [4.78, 5) is 27.7. The fourth-order valence-electron chi connectivity index (χ4n) is 2.64. The van der Waals surface area contributed by atoms with Gasteiger partial charge >= 0.3 is 0 Å². The molecule has 27 heavy (non-hydrogen) atoms. The zero-order valence-electron chi connectivity index (χ0n) is 16.2. The van der Waals surface area contributed by atoms with Gasteiger partial charge in [0.1, 0.15) is 5.41 Å². The van der Waals surface area contributed by atoms with Crippen LogP contribution in [0.5, 0.6) is 0 Å². The van der Waals surface area contributed by atoms with Crippen molar-refractivity contribution in [1.82, 2.24) is 4.90 Å². The predicted octanol–water partition coefficient (Wildman–Crippen LogP) is 3.96. The van der Waals surface area contributed by atoms with Gasteiger partial charge in [0.2, 0.25) is 11.8 Å². The van der Waals surface area contributed by atoms with E-state index in [1.807, 2.05) is 50.2 Å². The van der Waals surface area contributed by atoms with Crippen molar-refractivity contribution in [2.24, 2.45) is 5.41 Å². The van der Waals surface area contributed by atoms with Crippen LogP contribution < -0.4 is 5.32 Å². The molecule has 0 aliphatic heterocycles. The molecule has 0 saturated carbocycles. The minimum Gasteiger partial charge on any atom is -0.335 e. The first-order chi connectivity index (χ1) is 12.8. The van der Waals surface area contributed by atoms with Crippen LogP contribution >= 0.6 is 0 Å². The molecule has 2 amide bonds. The molecule has 5 nitrogen and oxygen atoms in total. The van der Waals surface area contributed by atoms with E-state index in [2.05, 4.69) is 5.32 Å². The Labute approximate surface area is 160 Å². The number of amides is 2. The molecule has 0 bridgehead atoms. The maximum Gasteiger partial charge on any atom is 0.239 e. The summed E-state index contributed by atoms with van der Waals surface area (Å²) in [5.41, 5.74) is 0.853. The molecule has 0 saturated heterocycles. The van der Waals surface area contributed by atoms with Crippen LogP contribution in [-0.2, 0) is 16.1 Å². The number of rotatable bonds is 6. The fourth-order valence-corrected chi connectivity index (χ4v) is 2.64. The highest BCUT2D eigenvalue weighted by Crippen LogP contribution is 2.25. The second kappa shape index (κ2) is 8.50. The lowest BCUT2D eigenvalue weighted by molar-refractivity contribution is -0.148. The summed E-state index contributed by atoms with van der Waals surface area (Å²) in [6.45, 7) is 7.60. The Bertz CT molecular complexity index is 834. The molecule has 140 valence electrons. The number of anilines is 1. The third-order valence-corrected chi connectivity index (χ3v) is 4.45. The fraction of sp³-hybridized carbons (Fsp3) is 0.318. The largest absolute Gasteiger partial charge is 0.335 e. The monoisotopic (exact) mass is 363 g/mol. The average molecular weight is 363 g/mol. The van der Waals surface area contributed by atoms with E-state index in [1.165, 1.54) is 0 Å². The van der Waals surface area contributed by atoms with Crippen molar-refractivity contribution in [2.45, 2.75) is 40.3 Å². The minimum absolute atomic E-state index is 0.0420. The number of nitrogens with one attached hydrogen (secondary N) is 1. The van der Waals surface area contributed by atoms with Gasteiger partial charge in [-0.1, -0.05) is 30.3 Å². The van der Waals surface area contributed by atoms with Gasteiger partial charge in [0, 0.05) is 18.3 Å². The van der Waals surface area contributed by atoms with E-state index < -0.39 is 5.41 Å². The van der Waals surface area contributed by atoms with Gasteiger partial charge in [0.05, 0.1) is 11.6 Å². The summed E-state index contributed by atoms with van der Waals surface area (Å²) in [6.07, 6.45) is 0. The first kappa shape index (κ1) is 20.2. The lowest BCUT2D eigenvalue weighted by Crippen LogP contribution is -2.49. The van der Waals surface area contributed by atoms with Crippen LogP contribution in [0.3, 0.4) is 0 Å². The molecule has 0 radical (unpaired) electrons. The lowest BCUT2D eigenvalue weighted by Gasteiger charge is -2.34. The van der Waals surface area contributed by atoms with Gasteiger partial charge in [0.15, 0.2) is 0 Å². The van der Waals surface area contributed by atoms with Gasteiger partial charge < -0.3 is 10.2 Å². The van der Waals surface area contributed by atoms with Crippen molar-refractivity contribution in [3.8, 4) is 6.07 Å². The van der Waals surface area contributed by atoms with E-state index in [1.54, 1.807) is 43.0 Å². The zero-order chi connectivity index (χ0) is 20.0. The molecule has 0 aliphatic carbocycles. The molecule has 0 spiro atoms. The zero-order valence-corrected chi connectivity index (χ0v) is 16.2. The van der Waals surface area contributed by atoms with Gasteiger partial charge in [-0.3, -0.25) is 9.59 Å². The summed E-state index contributed by atoms with van der Waals surface area (Å²) in [5.74, 6) is -0.608. The van der Waals surface area contributed by atoms with Crippen LogP contribution in [0.1, 0.15) is 38.8 Å². The van der Waals surface area contributed by atoms with Crippen molar-refractivity contribution in [3.63, 3.8) is 0 Å². The Morgan fingerprint density at radius 2 is 1.67 bits per heavy atom. The van der Waals surface area contributed by atoms with Gasteiger partial charge in [-0.25, -0.2) is 0 Å². The number of hydrogen-bond acceptors (Lipinski definition) is 3. The Balaban J connectivity index is 2.16. The molecule has 0 aromatic heterocycles. The van der Waals surface area contributed by atoms with Crippen LogP contribution in [0.2, 0.25) is 0 Å². The highest BCUT2D eigenvalue weighted by Gasteiger charge is 2.40. The topological polar surface area (TPSA) is 73.2 Å². The SMILES string of the molecule is CC(C)N(Cc1ccccc1)C(=O)C(C)(C)C(=O)Nc1ccc(C#N)cc1. The molecular formula is C22H25N3O2. The molecule has 0 heterocycles. The molecule has 0 fully saturated rings. The van der Waals surface area contributed by atoms with Crippen molar-refractivity contribution in [1.29, 1.82) is 5.26 Å². The Kier molecular flexibility index (Phi) is 6.36. The molecule has 2 rings (SSSR count). The molecule has 5 heteroatoms. The van der Waals surface area contributed by atoms with E-state index in [0.29, 0.717) is 17.8 Å². The first-order valence-electron chi connectivity index (χ1n) is 8.92. The average Bonchev–Trinajstić information content (AvgIpc) is 2.66. The Morgan fingerprint density at radius 3 is 2.19 bits per heavy atom. The van der Waals surface area contributed by atoms with Crippen molar-refractivity contribution in [3.05, 3.63) is 65.7 Å². The van der Waals surface area contributed by atoms with E-state index in [-0.39, 0.29) is 17.9 Å². The number of hydrogen-bond donors (Lipinski definition) is 1. The quantitative estimate of drug-likeness (QED) is 0.790. The van der Waals surface area contributed by atoms with Crippen LogP contribution in [-0.4, -0.2) is 22.8 Å². The molecule has 0 unspecified atom stereocenters. The number of benzene rings is 2. The Hall–Kier alpha value is -3.13. The summed E-state index contributed by atoms with van der Waals surface area (Å²) in [6, 6.07) is 18.3. The summed E-state index contributed by atoms with van der Waals surface area (Å²) in [7, 11) is 0. The molecule has 2 aromatic carbocycles. The predicted molar refractivity (Wildman–Crippen MR) is 106 cm³/mol. The normalized spacial score (nSPS) is 11.0. The smallest absolute Gasteiger partial charge is 0.239 e. The second-order valence-electron chi connectivity index (χ2n) is 7.28. The number of nitriles is 1. The van der Waals surface area contributed by atoms with E-state index in [9.17, 15) is 9.59 Å². The third-order valence-electron chi connectivity index (χ3n) is 4.45. The summed E-state index contributed by atoms with van der Waals surface area (Å²) < 4.78 is 0. The van der Waals surface area contributed by atoms with Crippen LogP contribution in [0.25, 0.3) is 0 Å². The van der Waals surface area contributed by atoms with Gasteiger partial charge in [0.25, 0.3) is 0 Å². The number of carbonyl (C=O) groups excluding carboxylic acids is 2. The maximum absolute atomic E-state index is 13.2. The van der Waals surface area contributed by atoms with E-state index >= 15 is 0 Å². The molecule has 0 aliphatic rings. The van der Waals surface area contributed by atoms with Crippen LogP contribution in [0.15, 0.2) is 54.6 Å². The summed E-state index contributed by atoms with van der Waals surface area (Å²) >= 11 is 0. The van der Waals surface area contributed by atoms with Gasteiger partial charge in [-0.05, 0) is 57.5 Å². The molecular weight excluding hydrogens is 338 g/mol. The lowest BCUT2D eigenvalue weighted by atomic mass is 9.89. The standard InChI is InChI=1S/C22H25N3O2/c1-16(2)25(15-18-8-6-5-7-9-18)21(27)22(3,4)20(26)24-19-12-10-17(14-23)11-13-19/h5-13,16H,15H2,1-4H3,(H,24,26). The van der Waals surface area contributed by atoms with Gasteiger partial charge in [-0.15, -0.1) is 0 Å². The highest BCUT2D eigenvalue weighted by molar-refractivity contribution is 6.09. The molecule has 0 atom stereocenters. The van der Waals surface area contributed by atoms with E-state index in [0.717, 1.165) is 5.56 Å². The second-order valence-corrected chi connectivity index (χ2v) is 7.28. The van der Waals surface area contributed by atoms with Crippen LogP contribution in [0, 0.1) is 16.7 Å². The minimum atomic E-state index is -1.23. The number of carbonyl (C=O) groups is 2. The van der Waals surface area contributed by atoms with Crippen molar-refractivity contribution in [2.75, 3.05) is 5.32 Å². The first-order valence-corrected chi connectivity index (χ1v) is 8.92. The third kappa shape index (κ3) is 4.95. The molecule has 2 aromatic rings. The highest BCUT2D eigenvalue weighted by atomic mass is 16.2. The van der Waals surface area contributed by atoms with Crippen molar-refractivity contribution < 1.29 is 9.59 Å². The van der Waals surface area contributed by atoms with Gasteiger partial charge in [-0.2, -0.15) is 5.26 Å². The van der Waals surface area contributed by atoms with Crippen molar-refractivity contribution >= 4 is 17.5 Å². The Morgan fingerprint density at radius 1 is 1.07 bits per heavy atom. The summed E-state index contributed by atoms with van der Waals surface area (Å²) in [5, 5.41) is 11.6. The number of nitrogens with zero attached hydrogens (tertiary/aromatic N) is 2. The molecule has 1 N–H and O–H groups in total. The van der Waals surface area contributed by atoms with E-state index in [4.69, 9.17) is 5.26 Å². The maximum atomic E-state index is 13.2.